The summed E-state index contributed by atoms with van der Waals surface area (Å²) in [4.78, 5) is 0. The maximum atomic E-state index is 12.7. The Bertz CT molecular complexity index is 459. The Morgan fingerprint density at radius 1 is 1.33 bits per heavy atom. The molecular formula is C12H18FNO3S. The predicted molar refractivity (Wildman–Crippen MR) is 67.9 cm³/mol. The van der Waals surface area contributed by atoms with E-state index in [0.29, 0.717) is 12.0 Å². The van der Waals surface area contributed by atoms with Gasteiger partial charge in [0.05, 0.1) is 11.9 Å². The molecule has 1 rings (SSSR count). The van der Waals surface area contributed by atoms with Gasteiger partial charge in [0.25, 0.3) is 0 Å². The minimum Gasteiger partial charge on any atom is -0.392 e. The van der Waals surface area contributed by atoms with Crippen molar-refractivity contribution < 1.29 is 17.9 Å². The van der Waals surface area contributed by atoms with E-state index < -0.39 is 21.9 Å². The number of nitrogens with one attached hydrogen (secondary N) is 1. The van der Waals surface area contributed by atoms with Gasteiger partial charge in [0.2, 0.25) is 10.0 Å². The molecule has 102 valence electrons. The number of aliphatic hydroxyl groups excluding tert-OH is 1. The molecule has 1 aromatic rings. The summed E-state index contributed by atoms with van der Waals surface area (Å²) in [6, 6.07) is 5.29. The quantitative estimate of drug-likeness (QED) is 0.790. The fourth-order valence-electron chi connectivity index (χ4n) is 1.51. The van der Waals surface area contributed by atoms with Gasteiger partial charge < -0.3 is 5.11 Å². The molecule has 0 heterocycles. The molecule has 18 heavy (non-hydrogen) atoms. The van der Waals surface area contributed by atoms with E-state index >= 15 is 0 Å². The Labute approximate surface area is 107 Å². The van der Waals surface area contributed by atoms with Gasteiger partial charge in [0.1, 0.15) is 5.82 Å². The Balaban J connectivity index is 2.52. The standard InChI is InChI=1S/C12H18FNO3S/c1-2-3-12(15)8-14-18(16,17)9-10-4-6-11(13)7-5-10/h4-7,12,14-15H,2-3,8-9H2,1H3. The molecular weight excluding hydrogens is 257 g/mol. The molecule has 0 amide bonds. The highest BCUT2D eigenvalue weighted by atomic mass is 32.2. The lowest BCUT2D eigenvalue weighted by Crippen LogP contribution is -2.32. The minimum absolute atomic E-state index is 0.0113. The van der Waals surface area contributed by atoms with Crippen molar-refractivity contribution >= 4 is 10.0 Å². The van der Waals surface area contributed by atoms with Crippen LogP contribution in [0.1, 0.15) is 25.3 Å². The Kier molecular flexibility index (Phi) is 5.71. The van der Waals surface area contributed by atoms with Crippen molar-refractivity contribution in [3.05, 3.63) is 35.6 Å². The fourth-order valence-corrected chi connectivity index (χ4v) is 2.69. The normalized spacial score (nSPS) is 13.5. The van der Waals surface area contributed by atoms with Crippen LogP contribution < -0.4 is 4.72 Å². The summed E-state index contributed by atoms with van der Waals surface area (Å²) in [5, 5.41) is 9.44. The summed E-state index contributed by atoms with van der Waals surface area (Å²) >= 11 is 0. The summed E-state index contributed by atoms with van der Waals surface area (Å²) in [6.07, 6.45) is 0.679. The monoisotopic (exact) mass is 275 g/mol. The maximum Gasteiger partial charge on any atom is 0.215 e. The zero-order valence-electron chi connectivity index (χ0n) is 10.3. The first-order chi connectivity index (χ1) is 8.43. The first-order valence-corrected chi connectivity index (χ1v) is 7.48. The first kappa shape index (κ1) is 15.1. The van der Waals surface area contributed by atoms with Crippen LogP contribution in [-0.4, -0.2) is 26.2 Å². The van der Waals surface area contributed by atoms with Crippen LogP contribution in [0.5, 0.6) is 0 Å². The molecule has 0 saturated heterocycles. The molecule has 0 bridgehead atoms. The Morgan fingerprint density at radius 2 is 1.94 bits per heavy atom. The van der Waals surface area contributed by atoms with Crippen LogP contribution in [0.3, 0.4) is 0 Å². The van der Waals surface area contributed by atoms with Crippen LogP contribution in [0.25, 0.3) is 0 Å². The average molecular weight is 275 g/mol. The van der Waals surface area contributed by atoms with Gasteiger partial charge in [-0.25, -0.2) is 17.5 Å². The van der Waals surface area contributed by atoms with Crippen molar-refractivity contribution in [2.45, 2.75) is 31.6 Å². The van der Waals surface area contributed by atoms with E-state index in [-0.39, 0.29) is 12.3 Å². The SMILES string of the molecule is CCCC(O)CNS(=O)(=O)Cc1ccc(F)cc1. The van der Waals surface area contributed by atoms with E-state index in [4.69, 9.17) is 0 Å². The molecule has 0 aliphatic carbocycles. The van der Waals surface area contributed by atoms with Gasteiger partial charge in [-0.15, -0.1) is 0 Å². The van der Waals surface area contributed by atoms with Gasteiger partial charge >= 0.3 is 0 Å². The molecule has 0 spiro atoms. The van der Waals surface area contributed by atoms with E-state index in [9.17, 15) is 17.9 Å². The van der Waals surface area contributed by atoms with Crippen LogP contribution in [-0.2, 0) is 15.8 Å². The number of sulfonamides is 1. The van der Waals surface area contributed by atoms with E-state index in [2.05, 4.69) is 4.72 Å². The maximum absolute atomic E-state index is 12.7. The van der Waals surface area contributed by atoms with E-state index in [1.54, 1.807) is 0 Å². The topological polar surface area (TPSA) is 66.4 Å². The number of halogens is 1. The molecule has 4 nitrogen and oxygen atoms in total. The van der Waals surface area contributed by atoms with Crippen molar-refractivity contribution in [3.63, 3.8) is 0 Å². The average Bonchev–Trinajstić information content (AvgIpc) is 2.30. The van der Waals surface area contributed by atoms with Crippen LogP contribution >= 0.6 is 0 Å². The second-order valence-corrected chi connectivity index (χ2v) is 5.98. The largest absolute Gasteiger partial charge is 0.392 e. The Hall–Kier alpha value is -0.980. The molecule has 0 fully saturated rings. The van der Waals surface area contributed by atoms with Crippen LogP contribution in [0.4, 0.5) is 4.39 Å². The molecule has 1 aromatic carbocycles. The van der Waals surface area contributed by atoms with Gasteiger partial charge in [-0.2, -0.15) is 0 Å². The number of hydrogen-bond donors (Lipinski definition) is 2. The third-order valence-electron chi connectivity index (χ3n) is 2.43. The Morgan fingerprint density at radius 3 is 2.50 bits per heavy atom. The third kappa shape index (κ3) is 5.57. The van der Waals surface area contributed by atoms with Gasteiger partial charge in [-0.3, -0.25) is 0 Å². The molecule has 0 aliphatic heterocycles. The molecule has 6 heteroatoms. The van der Waals surface area contributed by atoms with Gasteiger partial charge in [0.15, 0.2) is 0 Å². The number of hydrogen-bond acceptors (Lipinski definition) is 3. The molecule has 0 aliphatic rings. The minimum atomic E-state index is -3.49. The fraction of sp³-hybridized carbons (Fsp3) is 0.500. The summed E-state index contributed by atoms with van der Waals surface area (Å²) in [7, 11) is -3.49. The molecule has 0 saturated carbocycles. The molecule has 1 atom stereocenters. The summed E-state index contributed by atoms with van der Waals surface area (Å²) in [5.41, 5.74) is 0.508. The summed E-state index contributed by atoms with van der Waals surface area (Å²) in [5.74, 6) is -0.617. The van der Waals surface area contributed by atoms with Crippen LogP contribution in [0.15, 0.2) is 24.3 Å². The zero-order chi connectivity index (χ0) is 13.6. The lowest BCUT2D eigenvalue weighted by molar-refractivity contribution is 0.167. The third-order valence-corrected chi connectivity index (χ3v) is 3.75. The van der Waals surface area contributed by atoms with Crippen LogP contribution in [0.2, 0.25) is 0 Å². The molecule has 2 N–H and O–H groups in total. The van der Waals surface area contributed by atoms with Gasteiger partial charge in [-0.05, 0) is 24.1 Å². The highest BCUT2D eigenvalue weighted by Gasteiger charge is 2.13. The van der Waals surface area contributed by atoms with Crippen molar-refractivity contribution in [1.29, 1.82) is 0 Å². The summed E-state index contributed by atoms with van der Waals surface area (Å²) < 4.78 is 38.4. The lowest BCUT2D eigenvalue weighted by atomic mass is 10.2. The van der Waals surface area contributed by atoms with Gasteiger partial charge in [-0.1, -0.05) is 25.5 Å². The van der Waals surface area contributed by atoms with E-state index in [0.717, 1.165) is 6.42 Å². The lowest BCUT2D eigenvalue weighted by Gasteiger charge is -2.11. The highest BCUT2D eigenvalue weighted by molar-refractivity contribution is 7.88. The second kappa shape index (κ2) is 6.82. The predicted octanol–water partition coefficient (Wildman–Crippen LogP) is 1.41. The van der Waals surface area contributed by atoms with Crippen molar-refractivity contribution in [1.82, 2.24) is 4.72 Å². The number of rotatable bonds is 7. The smallest absolute Gasteiger partial charge is 0.215 e. The van der Waals surface area contributed by atoms with Crippen molar-refractivity contribution in [3.8, 4) is 0 Å². The van der Waals surface area contributed by atoms with E-state index in [1.807, 2.05) is 6.92 Å². The second-order valence-electron chi connectivity index (χ2n) is 4.18. The van der Waals surface area contributed by atoms with Crippen molar-refractivity contribution in [2.24, 2.45) is 0 Å². The first-order valence-electron chi connectivity index (χ1n) is 5.83. The number of benzene rings is 1. The van der Waals surface area contributed by atoms with E-state index in [1.165, 1.54) is 24.3 Å². The van der Waals surface area contributed by atoms with Gasteiger partial charge in [0, 0.05) is 6.54 Å². The van der Waals surface area contributed by atoms with Crippen molar-refractivity contribution in [2.75, 3.05) is 6.54 Å². The zero-order valence-corrected chi connectivity index (χ0v) is 11.1. The molecule has 0 aromatic heterocycles. The number of aliphatic hydroxyl groups is 1. The molecule has 0 radical (unpaired) electrons. The highest BCUT2D eigenvalue weighted by Crippen LogP contribution is 2.07. The molecule has 1 unspecified atom stereocenters. The summed E-state index contributed by atoms with van der Waals surface area (Å²) in [6.45, 7) is 1.92. The van der Waals surface area contributed by atoms with Crippen LogP contribution in [0, 0.1) is 5.82 Å².